The standard InChI is InChI=1S/C14H14F2N2O3/c1-7-4-10(9(3)21-7)8(2)17-13-6-14(18(19)20)12(16)5-11(13)15/h4-6,8,17H,1-3H3. The van der Waals surface area contributed by atoms with E-state index in [-0.39, 0.29) is 11.7 Å². The molecule has 0 saturated heterocycles. The van der Waals surface area contributed by atoms with Crippen LogP contribution in [0.2, 0.25) is 0 Å². The molecule has 2 aromatic rings. The van der Waals surface area contributed by atoms with Gasteiger partial charge in [0.1, 0.15) is 17.3 Å². The average molecular weight is 296 g/mol. The molecule has 0 bridgehead atoms. The van der Waals surface area contributed by atoms with Crippen molar-refractivity contribution in [3.05, 3.63) is 57.0 Å². The number of nitrogens with zero attached hydrogens (tertiary/aromatic N) is 1. The Morgan fingerprint density at radius 3 is 2.43 bits per heavy atom. The van der Waals surface area contributed by atoms with Crippen LogP contribution in [-0.4, -0.2) is 4.92 Å². The van der Waals surface area contributed by atoms with Gasteiger partial charge >= 0.3 is 5.69 Å². The van der Waals surface area contributed by atoms with E-state index >= 15 is 0 Å². The molecule has 1 N–H and O–H groups in total. The Morgan fingerprint density at radius 1 is 1.24 bits per heavy atom. The van der Waals surface area contributed by atoms with E-state index in [2.05, 4.69) is 5.32 Å². The summed E-state index contributed by atoms with van der Waals surface area (Å²) in [6, 6.07) is 2.80. The number of benzene rings is 1. The fourth-order valence-corrected chi connectivity index (χ4v) is 2.18. The molecule has 1 unspecified atom stereocenters. The largest absolute Gasteiger partial charge is 0.466 e. The number of hydrogen-bond donors (Lipinski definition) is 1. The Kier molecular flexibility index (Phi) is 3.93. The van der Waals surface area contributed by atoms with Crippen LogP contribution in [0.3, 0.4) is 0 Å². The van der Waals surface area contributed by atoms with Gasteiger partial charge in [0, 0.05) is 17.7 Å². The number of furan rings is 1. The van der Waals surface area contributed by atoms with Crippen LogP contribution in [0.25, 0.3) is 0 Å². The van der Waals surface area contributed by atoms with Gasteiger partial charge in [0.2, 0.25) is 5.82 Å². The maximum Gasteiger partial charge on any atom is 0.307 e. The number of nitrogens with one attached hydrogen (secondary N) is 1. The minimum atomic E-state index is -1.20. The molecule has 5 nitrogen and oxygen atoms in total. The summed E-state index contributed by atoms with van der Waals surface area (Å²) in [5.74, 6) is -0.708. The summed E-state index contributed by atoms with van der Waals surface area (Å²) in [7, 11) is 0. The first kappa shape index (κ1) is 15.0. The fraction of sp³-hybridized carbons (Fsp3) is 0.286. The third-order valence-electron chi connectivity index (χ3n) is 3.15. The molecule has 0 fully saturated rings. The number of halogens is 2. The first-order valence-corrected chi connectivity index (χ1v) is 6.26. The molecule has 112 valence electrons. The second-order valence-corrected chi connectivity index (χ2v) is 4.78. The van der Waals surface area contributed by atoms with E-state index in [1.54, 1.807) is 26.8 Å². The van der Waals surface area contributed by atoms with Gasteiger partial charge in [-0.1, -0.05) is 0 Å². The first-order chi connectivity index (χ1) is 9.79. The number of nitro groups is 1. The summed E-state index contributed by atoms with van der Waals surface area (Å²) in [5.41, 5.74) is -0.0982. The van der Waals surface area contributed by atoms with Gasteiger partial charge in [-0.2, -0.15) is 4.39 Å². The Morgan fingerprint density at radius 2 is 1.90 bits per heavy atom. The lowest BCUT2D eigenvalue weighted by Crippen LogP contribution is -2.09. The van der Waals surface area contributed by atoms with Crippen LogP contribution in [0.15, 0.2) is 22.6 Å². The molecule has 0 aliphatic heterocycles. The molecule has 0 saturated carbocycles. The highest BCUT2D eigenvalue weighted by atomic mass is 19.1. The van der Waals surface area contributed by atoms with E-state index in [9.17, 15) is 18.9 Å². The van der Waals surface area contributed by atoms with Crippen LogP contribution < -0.4 is 5.32 Å². The van der Waals surface area contributed by atoms with E-state index in [4.69, 9.17) is 4.42 Å². The molecule has 1 heterocycles. The average Bonchev–Trinajstić information content (AvgIpc) is 2.71. The predicted molar refractivity (Wildman–Crippen MR) is 73.2 cm³/mol. The summed E-state index contributed by atoms with van der Waals surface area (Å²) >= 11 is 0. The number of rotatable bonds is 4. The molecule has 21 heavy (non-hydrogen) atoms. The van der Waals surface area contributed by atoms with Crippen molar-refractivity contribution in [3.63, 3.8) is 0 Å². The second kappa shape index (κ2) is 5.51. The Labute approximate surface area is 119 Å². The summed E-state index contributed by atoms with van der Waals surface area (Å²) in [5, 5.41) is 13.5. The van der Waals surface area contributed by atoms with E-state index in [0.717, 1.165) is 11.6 Å². The van der Waals surface area contributed by atoms with Gasteiger partial charge in [0.25, 0.3) is 0 Å². The van der Waals surface area contributed by atoms with Gasteiger partial charge in [-0.25, -0.2) is 4.39 Å². The lowest BCUT2D eigenvalue weighted by Gasteiger charge is -2.15. The summed E-state index contributed by atoms with van der Waals surface area (Å²) < 4.78 is 32.4. The van der Waals surface area contributed by atoms with Crippen molar-refractivity contribution in [2.75, 3.05) is 5.32 Å². The smallest absolute Gasteiger partial charge is 0.307 e. The maximum absolute atomic E-state index is 13.7. The van der Waals surface area contributed by atoms with Crippen molar-refractivity contribution in [1.82, 2.24) is 0 Å². The van der Waals surface area contributed by atoms with E-state index in [0.29, 0.717) is 17.6 Å². The SMILES string of the molecule is Cc1cc(C(C)Nc2cc([N+](=O)[O-])c(F)cc2F)c(C)o1. The second-order valence-electron chi connectivity index (χ2n) is 4.78. The van der Waals surface area contributed by atoms with E-state index in [1.807, 2.05) is 0 Å². The minimum Gasteiger partial charge on any atom is -0.466 e. The van der Waals surface area contributed by atoms with Gasteiger partial charge in [0.15, 0.2) is 0 Å². The third-order valence-corrected chi connectivity index (χ3v) is 3.15. The quantitative estimate of drug-likeness (QED) is 0.676. The Bertz CT molecular complexity index is 698. The zero-order valence-electron chi connectivity index (χ0n) is 11.7. The van der Waals surface area contributed by atoms with Crippen LogP contribution >= 0.6 is 0 Å². The van der Waals surface area contributed by atoms with Crippen molar-refractivity contribution >= 4 is 11.4 Å². The van der Waals surface area contributed by atoms with Crippen LogP contribution in [-0.2, 0) is 0 Å². The molecule has 1 aromatic heterocycles. The summed E-state index contributed by atoms with van der Waals surface area (Å²) in [6.45, 7) is 5.31. The molecular weight excluding hydrogens is 282 g/mol. The van der Waals surface area contributed by atoms with Crippen molar-refractivity contribution in [1.29, 1.82) is 0 Å². The van der Waals surface area contributed by atoms with E-state index in [1.165, 1.54) is 0 Å². The predicted octanol–water partition coefficient (Wildman–Crippen LogP) is 4.26. The molecule has 7 heteroatoms. The van der Waals surface area contributed by atoms with Crippen LogP contribution in [0.1, 0.15) is 30.0 Å². The van der Waals surface area contributed by atoms with Crippen LogP contribution in [0.4, 0.5) is 20.2 Å². The molecular formula is C14H14F2N2O3. The molecule has 0 spiro atoms. The highest BCUT2D eigenvalue weighted by Gasteiger charge is 2.20. The number of anilines is 1. The number of nitro benzene ring substituents is 1. The lowest BCUT2D eigenvalue weighted by molar-refractivity contribution is -0.387. The maximum atomic E-state index is 13.7. The molecule has 0 amide bonds. The highest BCUT2D eigenvalue weighted by molar-refractivity contribution is 5.54. The van der Waals surface area contributed by atoms with Gasteiger partial charge < -0.3 is 9.73 Å². The molecule has 1 atom stereocenters. The van der Waals surface area contributed by atoms with Crippen LogP contribution in [0, 0.1) is 35.6 Å². The normalized spacial score (nSPS) is 12.2. The van der Waals surface area contributed by atoms with Crippen molar-refractivity contribution < 1.29 is 18.1 Å². The van der Waals surface area contributed by atoms with Crippen LogP contribution in [0.5, 0.6) is 0 Å². The number of hydrogen-bond acceptors (Lipinski definition) is 4. The van der Waals surface area contributed by atoms with E-state index < -0.39 is 22.2 Å². The molecule has 1 aromatic carbocycles. The Balaban J connectivity index is 2.33. The van der Waals surface area contributed by atoms with Crippen molar-refractivity contribution in [2.45, 2.75) is 26.8 Å². The highest BCUT2D eigenvalue weighted by Crippen LogP contribution is 2.29. The van der Waals surface area contributed by atoms with Crippen molar-refractivity contribution in [2.24, 2.45) is 0 Å². The molecule has 2 rings (SSSR count). The van der Waals surface area contributed by atoms with Gasteiger partial charge in [-0.15, -0.1) is 0 Å². The monoisotopic (exact) mass is 296 g/mol. The topological polar surface area (TPSA) is 68.3 Å². The molecule has 0 radical (unpaired) electrons. The summed E-state index contributed by atoms with van der Waals surface area (Å²) in [6.07, 6.45) is 0. The summed E-state index contributed by atoms with van der Waals surface area (Å²) in [4.78, 5) is 9.81. The molecule has 0 aliphatic carbocycles. The zero-order chi connectivity index (χ0) is 15.7. The third kappa shape index (κ3) is 3.01. The zero-order valence-corrected chi connectivity index (χ0v) is 11.7. The Hall–Kier alpha value is -2.44. The van der Waals surface area contributed by atoms with Gasteiger partial charge in [-0.05, 0) is 26.8 Å². The lowest BCUT2D eigenvalue weighted by atomic mass is 10.1. The van der Waals surface area contributed by atoms with Gasteiger partial charge in [-0.3, -0.25) is 10.1 Å². The minimum absolute atomic E-state index is 0.131. The number of aryl methyl sites for hydroxylation is 2. The van der Waals surface area contributed by atoms with Gasteiger partial charge in [0.05, 0.1) is 16.7 Å². The van der Waals surface area contributed by atoms with Crippen molar-refractivity contribution in [3.8, 4) is 0 Å². The fourth-order valence-electron chi connectivity index (χ4n) is 2.18. The first-order valence-electron chi connectivity index (χ1n) is 6.26. The molecule has 0 aliphatic rings.